The molecule has 2 atom stereocenters. The monoisotopic (exact) mass is 444 g/mol. The molecule has 1 amide bonds. The molecule has 0 aliphatic carbocycles. The average Bonchev–Trinajstić information content (AvgIpc) is 3.08. The highest BCUT2D eigenvalue weighted by Crippen LogP contribution is 2.36. The summed E-state index contributed by atoms with van der Waals surface area (Å²) in [5.41, 5.74) is 1.70. The minimum atomic E-state index is -3.87. The summed E-state index contributed by atoms with van der Waals surface area (Å²) < 4.78 is 33.2. The molecule has 0 saturated carbocycles. The highest BCUT2D eigenvalue weighted by molar-refractivity contribution is 7.92. The molecule has 0 bridgehead atoms. The number of para-hydroxylation sites is 1. The second kappa shape index (κ2) is 9.09. The molecule has 31 heavy (non-hydrogen) atoms. The molecule has 1 aliphatic heterocycles. The quantitative estimate of drug-likeness (QED) is 0.663. The normalized spacial score (nSPS) is 16.7. The second-order valence-corrected chi connectivity index (χ2v) is 10.0. The van der Waals surface area contributed by atoms with Crippen LogP contribution in [0.4, 0.5) is 5.69 Å². The third kappa shape index (κ3) is 4.90. The van der Waals surface area contributed by atoms with E-state index in [1.807, 2.05) is 39.8 Å². The van der Waals surface area contributed by atoms with Crippen molar-refractivity contribution in [3.63, 3.8) is 0 Å². The summed E-state index contributed by atoms with van der Waals surface area (Å²) in [6.07, 6.45) is 0.626. The zero-order valence-electron chi connectivity index (χ0n) is 18.2. The third-order valence-corrected chi connectivity index (χ3v) is 7.42. The SMILES string of the molecule is CC(C)C(C)NC(=O)COC(=O)c1cccc(S(=O)(=O)N2c3ccccc3CC2C)c1. The van der Waals surface area contributed by atoms with Crippen molar-refractivity contribution in [3.8, 4) is 0 Å². The number of rotatable bonds is 7. The van der Waals surface area contributed by atoms with Crippen LogP contribution in [-0.2, 0) is 26.0 Å². The van der Waals surface area contributed by atoms with E-state index >= 15 is 0 Å². The van der Waals surface area contributed by atoms with Gasteiger partial charge in [0.1, 0.15) is 0 Å². The summed E-state index contributed by atoms with van der Waals surface area (Å²) in [5.74, 6) is -0.903. The van der Waals surface area contributed by atoms with Crippen molar-refractivity contribution in [2.75, 3.05) is 10.9 Å². The molecule has 7 nitrogen and oxygen atoms in total. The van der Waals surface area contributed by atoms with Crippen LogP contribution < -0.4 is 9.62 Å². The lowest BCUT2D eigenvalue weighted by Gasteiger charge is -2.24. The number of anilines is 1. The topological polar surface area (TPSA) is 92.8 Å². The van der Waals surface area contributed by atoms with Crippen LogP contribution in [0.1, 0.15) is 43.6 Å². The van der Waals surface area contributed by atoms with Crippen molar-refractivity contribution >= 4 is 27.6 Å². The van der Waals surface area contributed by atoms with Crippen LogP contribution in [-0.4, -0.2) is 39.0 Å². The van der Waals surface area contributed by atoms with Gasteiger partial charge in [-0.15, -0.1) is 0 Å². The van der Waals surface area contributed by atoms with Crippen molar-refractivity contribution in [1.29, 1.82) is 0 Å². The van der Waals surface area contributed by atoms with E-state index in [1.54, 1.807) is 12.1 Å². The highest BCUT2D eigenvalue weighted by Gasteiger charge is 2.36. The molecule has 0 saturated heterocycles. The van der Waals surface area contributed by atoms with Crippen LogP contribution in [0.25, 0.3) is 0 Å². The molecule has 2 aromatic carbocycles. The lowest BCUT2D eigenvalue weighted by molar-refractivity contribution is -0.125. The fraction of sp³-hybridized carbons (Fsp3) is 0.391. The van der Waals surface area contributed by atoms with Gasteiger partial charge >= 0.3 is 5.97 Å². The average molecular weight is 445 g/mol. The van der Waals surface area contributed by atoms with Crippen LogP contribution in [0.15, 0.2) is 53.4 Å². The summed E-state index contributed by atoms with van der Waals surface area (Å²) in [4.78, 5) is 24.4. The molecule has 2 unspecified atom stereocenters. The Labute approximate surface area is 183 Å². The van der Waals surface area contributed by atoms with Gasteiger partial charge in [-0.05, 0) is 56.0 Å². The Morgan fingerprint density at radius 3 is 2.55 bits per heavy atom. The molecule has 3 rings (SSSR count). The maximum Gasteiger partial charge on any atom is 0.338 e. The lowest BCUT2D eigenvalue weighted by Crippen LogP contribution is -2.38. The summed E-state index contributed by atoms with van der Waals surface area (Å²) in [7, 11) is -3.87. The van der Waals surface area contributed by atoms with E-state index in [1.165, 1.54) is 28.6 Å². The lowest BCUT2D eigenvalue weighted by atomic mass is 10.1. The van der Waals surface area contributed by atoms with E-state index in [-0.39, 0.29) is 28.5 Å². The summed E-state index contributed by atoms with van der Waals surface area (Å²) in [5, 5.41) is 2.75. The zero-order chi connectivity index (χ0) is 22.8. The molecule has 1 heterocycles. The molecule has 1 aliphatic rings. The van der Waals surface area contributed by atoms with Crippen molar-refractivity contribution in [2.24, 2.45) is 5.92 Å². The van der Waals surface area contributed by atoms with Crippen molar-refractivity contribution in [1.82, 2.24) is 5.32 Å². The smallest absolute Gasteiger partial charge is 0.338 e. The van der Waals surface area contributed by atoms with Gasteiger partial charge in [0, 0.05) is 12.1 Å². The van der Waals surface area contributed by atoms with E-state index in [0.717, 1.165) is 5.56 Å². The highest BCUT2D eigenvalue weighted by atomic mass is 32.2. The number of hydrogen-bond acceptors (Lipinski definition) is 5. The number of nitrogens with one attached hydrogen (secondary N) is 1. The predicted molar refractivity (Wildman–Crippen MR) is 118 cm³/mol. The Hall–Kier alpha value is -2.87. The molecule has 0 spiro atoms. The summed E-state index contributed by atoms with van der Waals surface area (Å²) in [6, 6.07) is 12.8. The van der Waals surface area contributed by atoms with Crippen LogP contribution in [0, 0.1) is 5.92 Å². The minimum absolute atomic E-state index is 0.00313. The molecular formula is C23H28N2O5S. The van der Waals surface area contributed by atoms with Gasteiger partial charge in [0.25, 0.3) is 15.9 Å². The van der Waals surface area contributed by atoms with Gasteiger partial charge in [0.05, 0.1) is 16.1 Å². The first kappa shape index (κ1) is 22.8. The van der Waals surface area contributed by atoms with Gasteiger partial charge in [0.2, 0.25) is 0 Å². The van der Waals surface area contributed by atoms with Gasteiger partial charge in [-0.1, -0.05) is 38.1 Å². The zero-order valence-corrected chi connectivity index (χ0v) is 19.0. The largest absolute Gasteiger partial charge is 0.452 e. The van der Waals surface area contributed by atoms with E-state index in [0.29, 0.717) is 12.1 Å². The second-order valence-electron chi connectivity index (χ2n) is 8.19. The maximum atomic E-state index is 13.3. The molecule has 1 N–H and O–H groups in total. The van der Waals surface area contributed by atoms with Crippen LogP contribution in [0.3, 0.4) is 0 Å². The molecule has 0 radical (unpaired) electrons. The standard InChI is InChI=1S/C23H28N2O5S/c1-15(2)17(4)24-22(26)14-30-23(27)19-9-7-10-20(13-19)31(28,29)25-16(3)12-18-8-5-6-11-21(18)25/h5-11,13,15-17H,12,14H2,1-4H3,(H,24,26). The summed E-state index contributed by atoms with van der Waals surface area (Å²) in [6.45, 7) is 7.25. The number of benzene rings is 2. The molecule has 0 aromatic heterocycles. The fourth-order valence-corrected chi connectivity index (χ4v) is 5.22. The number of carbonyl (C=O) groups excluding carboxylic acids is 2. The molecule has 0 fully saturated rings. The molecule has 2 aromatic rings. The predicted octanol–water partition coefficient (Wildman–Crippen LogP) is 3.14. The van der Waals surface area contributed by atoms with Crippen molar-refractivity contribution in [2.45, 2.75) is 51.1 Å². The minimum Gasteiger partial charge on any atom is -0.452 e. The number of amides is 1. The Morgan fingerprint density at radius 2 is 1.84 bits per heavy atom. The number of carbonyl (C=O) groups is 2. The van der Waals surface area contributed by atoms with E-state index in [2.05, 4.69) is 5.32 Å². The van der Waals surface area contributed by atoms with Crippen molar-refractivity contribution < 1.29 is 22.7 Å². The number of ether oxygens (including phenoxy) is 1. The van der Waals surface area contributed by atoms with Gasteiger partial charge < -0.3 is 10.1 Å². The number of nitrogens with zero attached hydrogens (tertiary/aromatic N) is 1. The van der Waals surface area contributed by atoms with Crippen LogP contribution >= 0.6 is 0 Å². The van der Waals surface area contributed by atoms with Gasteiger partial charge in [0.15, 0.2) is 6.61 Å². The van der Waals surface area contributed by atoms with E-state index in [4.69, 9.17) is 4.74 Å². The Balaban J connectivity index is 1.75. The third-order valence-electron chi connectivity index (χ3n) is 5.49. The summed E-state index contributed by atoms with van der Waals surface area (Å²) >= 11 is 0. The van der Waals surface area contributed by atoms with Crippen LogP contribution in [0.5, 0.6) is 0 Å². The van der Waals surface area contributed by atoms with E-state index < -0.39 is 28.5 Å². The molecule has 8 heteroatoms. The maximum absolute atomic E-state index is 13.3. The number of esters is 1. The first-order valence-corrected chi connectivity index (χ1v) is 11.7. The number of fused-ring (bicyclic) bond motifs is 1. The first-order chi connectivity index (χ1) is 14.6. The van der Waals surface area contributed by atoms with Gasteiger partial charge in [-0.2, -0.15) is 0 Å². The molecular weight excluding hydrogens is 416 g/mol. The number of hydrogen-bond donors (Lipinski definition) is 1. The van der Waals surface area contributed by atoms with Gasteiger partial charge in [-0.3, -0.25) is 9.10 Å². The van der Waals surface area contributed by atoms with Crippen molar-refractivity contribution in [3.05, 3.63) is 59.7 Å². The number of sulfonamides is 1. The van der Waals surface area contributed by atoms with E-state index in [9.17, 15) is 18.0 Å². The van der Waals surface area contributed by atoms with Gasteiger partial charge in [-0.25, -0.2) is 13.2 Å². The fourth-order valence-electron chi connectivity index (χ4n) is 3.48. The van der Waals surface area contributed by atoms with Crippen LogP contribution in [0.2, 0.25) is 0 Å². The Morgan fingerprint density at radius 1 is 1.13 bits per heavy atom. The molecule has 166 valence electrons. The first-order valence-electron chi connectivity index (χ1n) is 10.3. The Kier molecular flexibility index (Phi) is 6.69. The Bertz CT molecular complexity index is 1080.